The Hall–Kier alpha value is -4.72. The molecule has 0 saturated carbocycles. The SMILES string of the molecule is CC(NC(=O)C(Cc1cnc[nH]1)NC(=O)C(N)CC(N)=O)C(=O)NC(Cc1c[nH]c2ccccc12)C(=O)O. The van der Waals surface area contributed by atoms with Crippen molar-refractivity contribution in [1.29, 1.82) is 0 Å². The number of carboxylic acids is 1. The highest BCUT2D eigenvalue weighted by molar-refractivity contribution is 5.95. The summed E-state index contributed by atoms with van der Waals surface area (Å²) < 4.78 is 0. The Labute approximate surface area is 216 Å². The lowest BCUT2D eigenvalue weighted by Crippen LogP contribution is -2.57. The van der Waals surface area contributed by atoms with Gasteiger partial charge in [0.15, 0.2) is 0 Å². The van der Waals surface area contributed by atoms with Gasteiger partial charge < -0.3 is 42.5 Å². The van der Waals surface area contributed by atoms with Crippen LogP contribution in [-0.4, -0.2) is 73.8 Å². The first-order chi connectivity index (χ1) is 18.0. The summed E-state index contributed by atoms with van der Waals surface area (Å²) in [5.41, 5.74) is 12.8. The summed E-state index contributed by atoms with van der Waals surface area (Å²) >= 11 is 0. The van der Waals surface area contributed by atoms with Gasteiger partial charge in [-0.2, -0.15) is 0 Å². The molecule has 0 bridgehead atoms. The number of amides is 4. The van der Waals surface area contributed by atoms with Gasteiger partial charge in [0.05, 0.1) is 18.8 Å². The molecule has 2 heterocycles. The molecule has 202 valence electrons. The van der Waals surface area contributed by atoms with E-state index in [9.17, 15) is 29.1 Å². The summed E-state index contributed by atoms with van der Waals surface area (Å²) in [5, 5.41) is 17.9. The molecule has 3 rings (SSSR count). The third kappa shape index (κ3) is 7.39. The van der Waals surface area contributed by atoms with Crippen LogP contribution >= 0.6 is 0 Å². The minimum Gasteiger partial charge on any atom is -0.480 e. The highest BCUT2D eigenvalue weighted by Gasteiger charge is 2.29. The summed E-state index contributed by atoms with van der Waals surface area (Å²) in [4.78, 5) is 70.9. The van der Waals surface area contributed by atoms with Crippen LogP contribution in [0.3, 0.4) is 0 Å². The number of carbonyl (C=O) groups is 5. The molecule has 0 aliphatic carbocycles. The zero-order valence-corrected chi connectivity index (χ0v) is 20.6. The van der Waals surface area contributed by atoms with Gasteiger partial charge in [0.25, 0.3) is 0 Å². The first-order valence-electron chi connectivity index (χ1n) is 11.7. The van der Waals surface area contributed by atoms with E-state index >= 15 is 0 Å². The Kier molecular flexibility index (Phi) is 9.16. The Bertz CT molecular complexity index is 1300. The first-order valence-corrected chi connectivity index (χ1v) is 11.7. The van der Waals surface area contributed by atoms with Crippen molar-refractivity contribution in [3.63, 3.8) is 0 Å². The van der Waals surface area contributed by atoms with Crippen LogP contribution in [0.2, 0.25) is 0 Å². The van der Waals surface area contributed by atoms with Crippen LogP contribution in [0, 0.1) is 0 Å². The number of aromatic nitrogens is 3. The highest BCUT2D eigenvalue weighted by atomic mass is 16.4. The van der Waals surface area contributed by atoms with E-state index in [4.69, 9.17) is 11.5 Å². The van der Waals surface area contributed by atoms with E-state index in [1.54, 1.807) is 6.20 Å². The van der Waals surface area contributed by atoms with E-state index in [1.807, 2.05) is 24.3 Å². The molecule has 0 spiro atoms. The normalized spacial score (nSPS) is 14.2. The number of nitrogens with two attached hydrogens (primary N) is 2. The van der Waals surface area contributed by atoms with Crippen LogP contribution in [0.25, 0.3) is 10.9 Å². The van der Waals surface area contributed by atoms with Gasteiger partial charge in [-0.15, -0.1) is 0 Å². The molecular weight excluding hydrogens is 496 g/mol. The Balaban J connectivity index is 1.65. The number of nitrogens with one attached hydrogen (secondary N) is 5. The van der Waals surface area contributed by atoms with Crippen molar-refractivity contribution in [3.8, 4) is 0 Å². The topological polar surface area (TPSA) is 238 Å². The van der Waals surface area contributed by atoms with Crippen molar-refractivity contribution >= 4 is 40.5 Å². The number of imidazole rings is 1. The predicted molar refractivity (Wildman–Crippen MR) is 135 cm³/mol. The van der Waals surface area contributed by atoms with E-state index < -0.39 is 60.2 Å². The second-order valence-electron chi connectivity index (χ2n) is 8.81. The van der Waals surface area contributed by atoms with Crippen LogP contribution in [0.1, 0.15) is 24.6 Å². The van der Waals surface area contributed by atoms with Gasteiger partial charge in [0, 0.05) is 41.8 Å². The average molecular weight is 527 g/mol. The number of hydrogen-bond donors (Lipinski definition) is 8. The van der Waals surface area contributed by atoms with Crippen molar-refractivity contribution in [3.05, 3.63) is 54.2 Å². The van der Waals surface area contributed by atoms with Crippen molar-refractivity contribution < 1.29 is 29.1 Å². The number of para-hydroxylation sites is 1. The maximum atomic E-state index is 13.0. The van der Waals surface area contributed by atoms with Crippen LogP contribution in [0.4, 0.5) is 0 Å². The highest BCUT2D eigenvalue weighted by Crippen LogP contribution is 2.19. The Morgan fingerprint density at radius 1 is 0.974 bits per heavy atom. The fraction of sp³-hybridized carbons (Fsp3) is 0.333. The molecule has 0 saturated heterocycles. The fourth-order valence-corrected chi connectivity index (χ4v) is 3.81. The van der Waals surface area contributed by atoms with E-state index in [1.165, 1.54) is 19.4 Å². The number of primary amides is 1. The maximum Gasteiger partial charge on any atom is 0.326 e. The third-order valence-corrected chi connectivity index (χ3v) is 5.84. The predicted octanol–water partition coefficient (Wildman–Crippen LogP) is -1.56. The quantitative estimate of drug-likeness (QED) is 0.129. The monoisotopic (exact) mass is 526 g/mol. The van der Waals surface area contributed by atoms with E-state index in [0.717, 1.165) is 10.9 Å². The molecule has 14 nitrogen and oxygen atoms in total. The van der Waals surface area contributed by atoms with Crippen molar-refractivity contribution in [2.24, 2.45) is 11.5 Å². The second kappa shape index (κ2) is 12.5. The summed E-state index contributed by atoms with van der Waals surface area (Å²) in [6, 6.07) is 2.51. The molecule has 14 heteroatoms. The van der Waals surface area contributed by atoms with E-state index in [2.05, 4.69) is 30.9 Å². The van der Waals surface area contributed by atoms with Gasteiger partial charge in [-0.3, -0.25) is 19.2 Å². The van der Waals surface area contributed by atoms with Crippen LogP contribution in [-0.2, 0) is 36.8 Å². The van der Waals surface area contributed by atoms with Gasteiger partial charge in [-0.05, 0) is 18.6 Å². The molecule has 0 aliphatic heterocycles. The van der Waals surface area contributed by atoms with Gasteiger partial charge in [0.2, 0.25) is 23.6 Å². The summed E-state index contributed by atoms with van der Waals surface area (Å²) in [6.07, 6.45) is 4.10. The van der Waals surface area contributed by atoms with Gasteiger partial charge in [-0.25, -0.2) is 9.78 Å². The molecule has 4 amide bonds. The minimum absolute atomic E-state index is 0.0159. The molecule has 3 aromatic rings. The van der Waals surface area contributed by atoms with Crippen molar-refractivity contribution in [2.75, 3.05) is 0 Å². The summed E-state index contributed by atoms with van der Waals surface area (Å²) in [5.74, 6) is -4.28. The zero-order valence-electron chi connectivity index (χ0n) is 20.6. The summed E-state index contributed by atoms with van der Waals surface area (Å²) in [7, 11) is 0. The van der Waals surface area contributed by atoms with Crippen molar-refractivity contribution in [1.82, 2.24) is 30.9 Å². The Morgan fingerprint density at radius 3 is 2.34 bits per heavy atom. The number of nitrogens with zero attached hydrogens (tertiary/aromatic N) is 1. The maximum absolute atomic E-state index is 13.0. The number of fused-ring (bicyclic) bond motifs is 1. The lowest BCUT2D eigenvalue weighted by atomic mass is 10.0. The van der Waals surface area contributed by atoms with E-state index in [-0.39, 0.29) is 12.8 Å². The molecule has 1 aromatic carbocycles. The molecule has 0 fully saturated rings. The number of aromatic amines is 2. The molecule has 4 unspecified atom stereocenters. The largest absolute Gasteiger partial charge is 0.480 e. The smallest absolute Gasteiger partial charge is 0.326 e. The standard InChI is InChI=1S/C24H30N8O6/c1-12(21(34)32-19(24(37)38)6-13-9-28-17-5-3-2-4-15(13)17)30-23(36)18(7-14-10-27-11-29-14)31-22(35)16(25)8-20(26)33/h2-5,9-12,16,18-19,28H,6-8,25H2,1H3,(H2,26,33)(H,27,29)(H,30,36)(H,31,35)(H,32,34)(H,37,38). The molecule has 0 radical (unpaired) electrons. The molecule has 2 aromatic heterocycles. The van der Waals surface area contributed by atoms with Gasteiger partial charge in [0.1, 0.15) is 18.1 Å². The molecule has 10 N–H and O–H groups in total. The van der Waals surface area contributed by atoms with Gasteiger partial charge >= 0.3 is 5.97 Å². The molecule has 38 heavy (non-hydrogen) atoms. The minimum atomic E-state index is -1.27. The number of aliphatic carboxylic acids is 1. The van der Waals surface area contributed by atoms with Gasteiger partial charge in [-0.1, -0.05) is 18.2 Å². The molecular formula is C24H30N8O6. The van der Waals surface area contributed by atoms with Crippen LogP contribution in [0.15, 0.2) is 43.0 Å². The lowest BCUT2D eigenvalue weighted by molar-refractivity contribution is -0.142. The summed E-state index contributed by atoms with van der Waals surface area (Å²) in [6.45, 7) is 1.38. The number of carboxylic acid groups (broad SMARTS) is 1. The number of hydrogen-bond acceptors (Lipinski definition) is 7. The zero-order chi connectivity index (χ0) is 27.8. The van der Waals surface area contributed by atoms with E-state index in [0.29, 0.717) is 11.3 Å². The number of benzene rings is 1. The molecule has 0 aliphatic rings. The van der Waals surface area contributed by atoms with Crippen LogP contribution < -0.4 is 27.4 Å². The lowest BCUT2D eigenvalue weighted by Gasteiger charge is -2.23. The second-order valence-corrected chi connectivity index (χ2v) is 8.81. The van der Waals surface area contributed by atoms with Crippen molar-refractivity contribution in [2.45, 2.75) is 50.4 Å². The first kappa shape index (κ1) is 27.9. The third-order valence-electron chi connectivity index (χ3n) is 5.84. The number of rotatable bonds is 13. The number of H-pyrrole nitrogens is 2. The number of carbonyl (C=O) groups excluding carboxylic acids is 4. The Morgan fingerprint density at radius 2 is 1.68 bits per heavy atom. The average Bonchev–Trinajstić information content (AvgIpc) is 3.52. The fourth-order valence-electron chi connectivity index (χ4n) is 3.81. The molecule has 4 atom stereocenters. The van der Waals surface area contributed by atoms with Crippen LogP contribution in [0.5, 0.6) is 0 Å².